The standard InChI is InChI=1S/C24H21ClN4O2S/c1-16-3-9-19(10-4-16)26-22(30)15-32-24-28-27-23(17-5-13-21(31-2)14-6-17)29(24)20-11-7-18(25)8-12-20/h3-14H,15H2,1-2H3,(H,26,30). The van der Waals surface area contributed by atoms with E-state index in [9.17, 15) is 4.79 Å². The highest BCUT2D eigenvalue weighted by Gasteiger charge is 2.17. The monoisotopic (exact) mass is 464 g/mol. The lowest BCUT2D eigenvalue weighted by Crippen LogP contribution is -2.14. The van der Waals surface area contributed by atoms with Crippen molar-refractivity contribution in [2.45, 2.75) is 12.1 Å². The second kappa shape index (κ2) is 9.89. The Labute approximate surface area is 195 Å². The first kappa shape index (κ1) is 21.9. The smallest absolute Gasteiger partial charge is 0.234 e. The molecule has 0 atom stereocenters. The van der Waals surface area contributed by atoms with Crippen molar-refractivity contribution < 1.29 is 9.53 Å². The molecule has 8 heteroatoms. The van der Waals surface area contributed by atoms with Gasteiger partial charge in [0.05, 0.1) is 12.9 Å². The van der Waals surface area contributed by atoms with Crippen molar-refractivity contribution in [3.05, 3.63) is 83.4 Å². The number of ether oxygens (including phenoxy) is 1. The Morgan fingerprint density at radius 3 is 2.34 bits per heavy atom. The predicted molar refractivity (Wildman–Crippen MR) is 129 cm³/mol. The van der Waals surface area contributed by atoms with E-state index in [1.165, 1.54) is 11.8 Å². The summed E-state index contributed by atoms with van der Waals surface area (Å²) in [5.74, 6) is 1.50. The number of amides is 1. The fourth-order valence-corrected chi connectivity index (χ4v) is 3.96. The molecule has 1 N–H and O–H groups in total. The van der Waals surface area contributed by atoms with Gasteiger partial charge in [-0.2, -0.15) is 0 Å². The lowest BCUT2D eigenvalue weighted by atomic mass is 10.2. The third-order valence-electron chi connectivity index (χ3n) is 4.73. The minimum atomic E-state index is -0.115. The molecule has 4 aromatic rings. The number of halogens is 1. The highest BCUT2D eigenvalue weighted by molar-refractivity contribution is 7.99. The Morgan fingerprint density at radius 2 is 1.69 bits per heavy atom. The van der Waals surface area contributed by atoms with Crippen LogP contribution in [0.4, 0.5) is 5.69 Å². The Hall–Kier alpha value is -3.29. The molecule has 0 radical (unpaired) electrons. The molecule has 0 aliphatic carbocycles. The number of hydrogen-bond donors (Lipinski definition) is 1. The lowest BCUT2D eigenvalue weighted by molar-refractivity contribution is -0.113. The molecule has 1 aromatic heterocycles. The molecule has 1 heterocycles. The summed E-state index contributed by atoms with van der Waals surface area (Å²) in [6, 6.07) is 22.7. The fourth-order valence-electron chi connectivity index (χ4n) is 3.08. The second-order valence-electron chi connectivity index (χ2n) is 7.05. The molecule has 6 nitrogen and oxygen atoms in total. The minimum absolute atomic E-state index is 0.115. The number of aromatic nitrogens is 3. The van der Waals surface area contributed by atoms with Crippen LogP contribution in [0.2, 0.25) is 5.02 Å². The van der Waals surface area contributed by atoms with Gasteiger partial charge in [0, 0.05) is 22.0 Å². The zero-order valence-electron chi connectivity index (χ0n) is 17.6. The number of rotatable bonds is 7. The first-order valence-corrected chi connectivity index (χ1v) is 11.2. The van der Waals surface area contributed by atoms with E-state index in [1.54, 1.807) is 7.11 Å². The molecule has 0 spiro atoms. The van der Waals surface area contributed by atoms with Gasteiger partial charge in [0.1, 0.15) is 5.75 Å². The van der Waals surface area contributed by atoms with Gasteiger partial charge in [-0.15, -0.1) is 10.2 Å². The zero-order chi connectivity index (χ0) is 22.5. The maximum atomic E-state index is 12.5. The van der Waals surface area contributed by atoms with Crippen LogP contribution in [-0.4, -0.2) is 33.5 Å². The van der Waals surface area contributed by atoms with Crippen molar-refractivity contribution in [2.24, 2.45) is 0 Å². The summed E-state index contributed by atoms with van der Waals surface area (Å²) in [6.45, 7) is 2.01. The van der Waals surface area contributed by atoms with Gasteiger partial charge >= 0.3 is 0 Å². The van der Waals surface area contributed by atoms with Crippen LogP contribution in [-0.2, 0) is 4.79 Å². The minimum Gasteiger partial charge on any atom is -0.497 e. The highest BCUT2D eigenvalue weighted by atomic mass is 35.5. The summed E-state index contributed by atoms with van der Waals surface area (Å²) in [5, 5.41) is 12.9. The Morgan fingerprint density at radius 1 is 1.00 bits per heavy atom. The summed E-state index contributed by atoms with van der Waals surface area (Å²) in [4.78, 5) is 12.5. The van der Waals surface area contributed by atoms with Crippen molar-refractivity contribution in [3.8, 4) is 22.8 Å². The fraction of sp³-hybridized carbons (Fsp3) is 0.125. The van der Waals surface area contributed by atoms with E-state index >= 15 is 0 Å². The average Bonchev–Trinajstić information content (AvgIpc) is 3.24. The van der Waals surface area contributed by atoms with Gasteiger partial charge in [-0.05, 0) is 67.6 Å². The van der Waals surface area contributed by atoms with Crippen LogP contribution in [0, 0.1) is 6.92 Å². The van der Waals surface area contributed by atoms with Gasteiger partial charge in [-0.25, -0.2) is 0 Å². The number of methoxy groups -OCH3 is 1. The molecule has 0 aliphatic heterocycles. The average molecular weight is 465 g/mol. The summed E-state index contributed by atoms with van der Waals surface area (Å²) >= 11 is 7.40. The van der Waals surface area contributed by atoms with Crippen LogP contribution in [0.15, 0.2) is 78.0 Å². The maximum Gasteiger partial charge on any atom is 0.234 e. The number of carbonyl (C=O) groups excluding carboxylic acids is 1. The summed E-state index contributed by atoms with van der Waals surface area (Å²) in [5.41, 5.74) is 3.63. The van der Waals surface area contributed by atoms with Gasteiger partial charge < -0.3 is 10.1 Å². The van der Waals surface area contributed by atoms with E-state index in [-0.39, 0.29) is 11.7 Å². The van der Waals surface area contributed by atoms with Gasteiger partial charge in [0.2, 0.25) is 5.91 Å². The molecule has 0 unspecified atom stereocenters. The summed E-state index contributed by atoms with van der Waals surface area (Å²) in [6.07, 6.45) is 0. The lowest BCUT2D eigenvalue weighted by Gasteiger charge is -2.11. The maximum absolute atomic E-state index is 12.5. The number of aryl methyl sites for hydroxylation is 1. The summed E-state index contributed by atoms with van der Waals surface area (Å²) < 4.78 is 7.17. The molecule has 0 bridgehead atoms. The number of thioether (sulfide) groups is 1. The third-order valence-corrected chi connectivity index (χ3v) is 5.92. The third kappa shape index (κ3) is 5.12. The van der Waals surface area contributed by atoms with Crippen LogP contribution < -0.4 is 10.1 Å². The molecular weight excluding hydrogens is 444 g/mol. The van der Waals surface area contributed by atoms with Crippen LogP contribution in [0.25, 0.3) is 17.1 Å². The number of anilines is 1. The van der Waals surface area contributed by atoms with E-state index in [1.807, 2.05) is 84.3 Å². The number of carbonyl (C=O) groups is 1. The number of nitrogens with one attached hydrogen (secondary N) is 1. The van der Waals surface area contributed by atoms with Crippen LogP contribution in [0.3, 0.4) is 0 Å². The van der Waals surface area contributed by atoms with Crippen molar-refractivity contribution in [1.82, 2.24) is 14.8 Å². The van der Waals surface area contributed by atoms with Crippen LogP contribution >= 0.6 is 23.4 Å². The van der Waals surface area contributed by atoms with Crippen molar-refractivity contribution in [3.63, 3.8) is 0 Å². The quantitative estimate of drug-likeness (QED) is 0.359. The van der Waals surface area contributed by atoms with Crippen molar-refractivity contribution in [2.75, 3.05) is 18.2 Å². The summed E-state index contributed by atoms with van der Waals surface area (Å²) in [7, 11) is 1.63. The largest absolute Gasteiger partial charge is 0.497 e. The van der Waals surface area contributed by atoms with Crippen molar-refractivity contribution in [1.29, 1.82) is 0 Å². The molecule has 0 fully saturated rings. The molecule has 162 valence electrons. The van der Waals surface area contributed by atoms with Gasteiger partial charge in [-0.3, -0.25) is 9.36 Å². The van der Waals surface area contributed by atoms with E-state index < -0.39 is 0 Å². The van der Waals surface area contributed by atoms with Gasteiger partial charge in [-0.1, -0.05) is 41.1 Å². The Bertz CT molecular complexity index is 1210. The molecule has 4 rings (SSSR count). The van der Waals surface area contributed by atoms with Crippen molar-refractivity contribution >= 4 is 35.0 Å². The molecule has 3 aromatic carbocycles. The zero-order valence-corrected chi connectivity index (χ0v) is 19.2. The first-order chi connectivity index (χ1) is 15.5. The molecule has 0 saturated carbocycles. The number of benzene rings is 3. The molecule has 0 aliphatic rings. The molecule has 1 amide bonds. The van der Waals surface area contributed by atoms with E-state index in [0.717, 1.165) is 28.3 Å². The normalized spacial score (nSPS) is 10.7. The van der Waals surface area contributed by atoms with Crippen LogP contribution in [0.5, 0.6) is 5.75 Å². The van der Waals surface area contributed by atoms with Crippen LogP contribution in [0.1, 0.15) is 5.56 Å². The van der Waals surface area contributed by atoms with Gasteiger partial charge in [0.25, 0.3) is 0 Å². The van der Waals surface area contributed by atoms with E-state index in [2.05, 4.69) is 15.5 Å². The predicted octanol–water partition coefficient (Wildman–Crippen LogP) is 5.64. The Kier molecular flexibility index (Phi) is 6.78. The Balaban J connectivity index is 1.59. The van der Waals surface area contributed by atoms with E-state index in [0.29, 0.717) is 16.0 Å². The van der Waals surface area contributed by atoms with E-state index in [4.69, 9.17) is 16.3 Å². The first-order valence-electron chi connectivity index (χ1n) is 9.88. The van der Waals surface area contributed by atoms with Gasteiger partial charge in [0.15, 0.2) is 11.0 Å². The highest BCUT2D eigenvalue weighted by Crippen LogP contribution is 2.29. The molecule has 0 saturated heterocycles. The SMILES string of the molecule is COc1ccc(-c2nnc(SCC(=O)Nc3ccc(C)cc3)n2-c2ccc(Cl)cc2)cc1. The molecule has 32 heavy (non-hydrogen) atoms. The molecular formula is C24H21ClN4O2S. The number of hydrogen-bond acceptors (Lipinski definition) is 5. The topological polar surface area (TPSA) is 69.0 Å². The second-order valence-corrected chi connectivity index (χ2v) is 8.43. The number of nitrogens with zero attached hydrogens (tertiary/aromatic N) is 3.